The van der Waals surface area contributed by atoms with Crippen LogP contribution in [0.15, 0.2) is 82.5 Å². The average Bonchev–Trinajstić information content (AvgIpc) is 3.26. The summed E-state index contributed by atoms with van der Waals surface area (Å²) in [6.07, 6.45) is 4.61. The predicted octanol–water partition coefficient (Wildman–Crippen LogP) is 2.83. The van der Waals surface area contributed by atoms with E-state index in [1.165, 1.54) is 10.6 Å². The number of nitrogens with one attached hydrogen (secondary N) is 2. The van der Waals surface area contributed by atoms with Gasteiger partial charge in [0.25, 0.3) is 11.5 Å². The molecular weight excluding hydrogens is 356 g/mol. The fourth-order valence-electron chi connectivity index (χ4n) is 2.87. The Kier molecular flexibility index (Phi) is 4.88. The van der Waals surface area contributed by atoms with E-state index in [1.54, 1.807) is 36.7 Å². The number of fused-ring (bicyclic) bond motifs is 1. The minimum Gasteiger partial charge on any atom is -0.467 e. The lowest BCUT2D eigenvalue weighted by atomic mass is 10.2. The smallest absolute Gasteiger partial charge is 0.281 e. The number of carbonyl (C=O) groups excluding carboxylic acids is 1. The number of benzene rings is 1. The van der Waals surface area contributed by atoms with Gasteiger partial charge in [-0.05, 0) is 29.8 Å². The lowest BCUT2D eigenvalue weighted by Gasteiger charge is -2.10. The van der Waals surface area contributed by atoms with Crippen LogP contribution in [-0.2, 0) is 13.1 Å². The van der Waals surface area contributed by atoms with E-state index in [4.69, 9.17) is 4.42 Å². The molecule has 7 heteroatoms. The third kappa shape index (κ3) is 3.64. The van der Waals surface area contributed by atoms with Crippen LogP contribution in [-0.4, -0.2) is 15.3 Å². The van der Waals surface area contributed by atoms with E-state index in [2.05, 4.69) is 15.6 Å². The van der Waals surface area contributed by atoms with Gasteiger partial charge in [-0.15, -0.1) is 0 Å². The van der Waals surface area contributed by atoms with Crippen molar-refractivity contribution in [2.75, 3.05) is 5.32 Å². The fraction of sp³-hybridized carbons (Fsp3) is 0.0952. The second-order valence-electron chi connectivity index (χ2n) is 6.19. The summed E-state index contributed by atoms with van der Waals surface area (Å²) in [6.45, 7) is 0.765. The zero-order valence-corrected chi connectivity index (χ0v) is 15.0. The van der Waals surface area contributed by atoms with Gasteiger partial charge in [0.1, 0.15) is 11.4 Å². The maximum Gasteiger partial charge on any atom is 0.281 e. The molecule has 0 aliphatic heterocycles. The summed E-state index contributed by atoms with van der Waals surface area (Å²) in [5.74, 6) is 0.317. The van der Waals surface area contributed by atoms with Crippen LogP contribution in [0.2, 0.25) is 0 Å². The van der Waals surface area contributed by atoms with Crippen molar-refractivity contribution in [3.8, 4) is 0 Å². The first-order chi connectivity index (χ1) is 13.7. The van der Waals surface area contributed by atoms with Gasteiger partial charge in [-0.25, -0.2) is 4.98 Å². The molecular formula is C21H18N4O3. The zero-order valence-electron chi connectivity index (χ0n) is 15.0. The molecule has 0 saturated heterocycles. The van der Waals surface area contributed by atoms with Gasteiger partial charge in [0.15, 0.2) is 5.65 Å². The molecule has 2 N–H and O–H groups in total. The topological polar surface area (TPSA) is 88.6 Å². The predicted molar refractivity (Wildman–Crippen MR) is 105 cm³/mol. The van der Waals surface area contributed by atoms with E-state index in [9.17, 15) is 9.59 Å². The van der Waals surface area contributed by atoms with Crippen LogP contribution in [0.1, 0.15) is 21.7 Å². The highest BCUT2D eigenvalue weighted by Gasteiger charge is 2.14. The molecule has 0 saturated carbocycles. The Balaban J connectivity index is 1.57. The van der Waals surface area contributed by atoms with Gasteiger partial charge < -0.3 is 15.1 Å². The number of hydrogen-bond acceptors (Lipinski definition) is 5. The van der Waals surface area contributed by atoms with Gasteiger partial charge in [0.05, 0.1) is 24.6 Å². The van der Waals surface area contributed by atoms with Crippen molar-refractivity contribution in [2.45, 2.75) is 13.1 Å². The van der Waals surface area contributed by atoms with Crippen LogP contribution in [0.3, 0.4) is 0 Å². The molecule has 0 aliphatic carbocycles. The number of hydrogen-bond donors (Lipinski definition) is 2. The maximum atomic E-state index is 12.8. The largest absolute Gasteiger partial charge is 0.467 e. The summed E-state index contributed by atoms with van der Waals surface area (Å²) >= 11 is 0. The standard InChI is InChI=1S/C21H18N4O3/c26-20(24-13-16-8-5-11-28-16)17-9-4-10-25-19(17)23-14-18(21(25)27)22-12-15-6-2-1-3-7-15/h1-11,14,22H,12-13H2,(H,24,26). The lowest BCUT2D eigenvalue weighted by Crippen LogP contribution is -2.26. The van der Waals surface area contributed by atoms with Crippen molar-refractivity contribution in [3.63, 3.8) is 0 Å². The third-order valence-electron chi connectivity index (χ3n) is 4.31. The minimum absolute atomic E-state index is 0.258. The monoisotopic (exact) mass is 374 g/mol. The number of carbonyl (C=O) groups is 1. The highest BCUT2D eigenvalue weighted by Crippen LogP contribution is 2.10. The number of furan rings is 1. The summed E-state index contributed by atoms with van der Waals surface area (Å²) < 4.78 is 6.58. The normalized spacial score (nSPS) is 10.7. The minimum atomic E-state index is -0.327. The number of pyridine rings is 1. The van der Waals surface area contributed by atoms with Crippen LogP contribution in [0.5, 0.6) is 0 Å². The SMILES string of the molecule is O=C(NCc1ccco1)c1cccn2c(=O)c(NCc3ccccc3)cnc12. The summed E-state index contributed by atoms with van der Waals surface area (Å²) in [6, 6.07) is 16.6. The van der Waals surface area contributed by atoms with Gasteiger partial charge in [-0.1, -0.05) is 30.3 Å². The van der Waals surface area contributed by atoms with Crippen molar-refractivity contribution < 1.29 is 9.21 Å². The van der Waals surface area contributed by atoms with Gasteiger partial charge >= 0.3 is 0 Å². The van der Waals surface area contributed by atoms with Crippen molar-refractivity contribution in [1.82, 2.24) is 14.7 Å². The first-order valence-corrected chi connectivity index (χ1v) is 8.81. The molecule has 0 radical (unpaired) electrons. The average molecular weight is 374 g/mol. The molecule has 3 aromatic heterocycles. The van der Waals surface area contributed by atoms with E-state index >= 15 is 0 Å². The Labute approximate surface area is 160 Å². The summed E-state index contributed by atoms with van der Waals surface area (Å²) in [5, 5.41) is 5.88. The first kappa shape index (κ1) is 17.5. The Bertz CT molecular complexity index is 1150. The van der Waals surface area contributed by atoms with Gasteiger partial charge in [-0.3, -0.25) is 14.0 Å². The van der Waals surface area contributed by atoms with Gasteiger partial charge in [-0.2, -0.15) is 0 Å². The van der Waals surface area contributed by atoms with E-state index < -0.39 is 0 Å². The van der Waals surface area contributed by atoms with Gasteiger partial charge in [0.2, 0.25) is 0 Å². The molecule has 0 bridgehead atoms. The zero-order chi connectivity index (χ0) is 19.3. The molecule has 4 rings (SSSR count). The Morgan fingerprint density at radius 1 is 1.04 bits per heavy atom. The second kappa shape index (κ2) is 7.79. The van der Waals surface area contributed by atoms with Crippen molar-refractivity contribution in [3.05, 3.63) is 100 Å². The number of anilines is 1. The molecule has 1 aromatic carbocycles. The third-order valence-corrected chi connectivity index (χ3v) is 4.31. The van der Waals surface area contributed by atoms with E-state index in [1.807, 2.05) is 30.3 Å². The molecule has 0 fully saturated rings. The number of aromatic nitrogens is 2. The van der Waals surface area contributed by atoms with E-state index in [0.29, 0.717) is 29.2 Å². The van der Waals surface area contributed by atoms with Crippen LogP contribution < -0.4 is 16.2 Å². The Morgan fingerprint density at radius 2 is 1.89 bits per heavy atom. The highest BCUT2D eigenvalue weighted by atomic mass is 16.3. The molecule has 4 aromatic rings. The number of rotatable bonds is 6. The molecule has 0 aliphatic rings. The summed E-state index contributed by atoms with van der Waals surface area (Å²) in [4.78, 5) is 29.7. The molecule has 7 nitrogen and oxygen atoms in total. The van der Waals surface area contributed by atoms with E-state index in [-0.39, 0.29) is 18.0 Å². The Hall–Kier alpha value is -3.87. The summed E-state index contributed by atoms with van der Waals surface area (Å²) in [7, 11) is 0. The second-order valence-corrected chi connectivity index (χ2v) is 6.19. The number of nitrogens with zero attached hydrogens (tertiary/aromatic N) is 2. The van der Waals surface area contributed by atoms with Crippen molar-refractivity contribution in [2.24, 2.45) is 0 Å². The molecule has 140 valence electrons. The first-order valence-electron chi connectivity index (χ1n) is 8.81. The van der Waals surface area contributed by atoms with Crippen LogP contribution in [0.4, 0.5) is 5.69 Å². The molecule has 3 heterocycles. The van der Waals surface area contributed by atoms with Crippen LogP contribution in [0, 0.1) is 0 Å². The van der Waals surface area contributed by atoms with E-state index in [0.717, 1.165) is 5.56 Å². The van der Waals surface area contributed by atoms with Crippen LogP contribution in [0.25, 0.3) is 5.65 Å². The summed E-state index contributed by atoms with van der Waals surface area (Å²) in [5.41, 5.74) is 1.78. The fourth-order valence-corrected chi connectivity index (χ4v) is 2.87. The Morgan fingerprint density at radius 3 is 2.68 bits per heavy atom. The van der Waals surface area contributed by atoms with Gasteiger partial charge in [0, 0.05) is 12.7 Å². The molecule has 0 atom stereocenters. The quantitative estimate of drug-likeness (QED) is 0.542. The maximum absolute atomic E-state index is 12.8. The highest BCUT2D eigenvalue weighted by molar-refractivity contribution is 5.99. The molecule has 1 amide bonds. The molecule has 0 spiro atoms. The van der Waals surface area contributed by atoms with Crippen LogP contribution >= 0.6 is 0 Å². The molecule has 28 heavy (non-hydrogen) atoms. The lowest BCUT2D eigenvalue weighted by molar-refractivity contribution is 0.0949. The molecule has 0 unspecified atom stereocenters. The number of amides is 1. The van der Waals surface area contributed by atoms with Crippen molar-refractivity contribution in [1.29, 1.82) is 0 Å². The van der Waals surface area contributed by atoms with Crippen molar-refractivity contribution >= 4 is 17.2 Å².